The predicted octanol–water partition coefficient (Wildman–Crippen LogP) is 4.55. The highest BCUT2D eigenvalue weighted by atomic mass is 35.5. The minimum absolute atomic E-state index is 0. The molecule has 4 rings (SSSR count). The zero-order chi connectivity index (χ0) is 17.6. The average Bonchev–Trinajstić information content (AvgIpc) is 3.05. The number of rotatable bonds is 2. The minimum atomic E-state index is -0.0533. The molecule has 1 atom stereocenters. The average molecular weight is 389 g/mol. The number of fused-ring (bicyclic) bond motifs is 1. The Morgan fingerprint density at radius 2 is 1.92 bits per heavy atom. The van der Waals surface area contributed by atoms with Crippen molar-refractivity contribution >= 4 is 35.6 Å². The van der Waals surface area contributed by atoms with Gasteiger partial charge in [0.1, 0.15) is 5.69 Å². The van der Waals surface area contributed by atoms with Crippen molar-refractivity contribution in [3.63, 3.8) is 0 Å². The van der Waals surface area contributed by atoms with E-state index in [1.165, 1.54) is 0 Å². The molecule has 1 aliphatic rings. The van der Waals surface area contributed by atoms with Gasteiger partial charge in [0, 0.05) is 34.7 Å². The van der Waals surface area contributed by atoms with Crippen molar-refractivity contribution in [1.82, 2.24) is 14.8 Å². The van der Waals surface area contributed by atoms with Crippen LogP contribution in [0.1, 0.15) is 29.1 Å². The number of aromatic nitrogens is 3. The second kappa shape index (κ2) is 7.09. The van der Waals surface area contributed by atoms with Gasteiger partial charge >= 0.3 is 0 Å². The fourth-order valence-electron chi connectivity index (χ4n) is 3.23. The lowest BCUT2D eigenvalue weighted by Crippen LogP contribution is -2.42. The minimum Gasteiger partial charge on any atom is -0.305 e. The number of amides is 1. The predicted molar refractivity (Wildman–Crippen MR) is 105 cm³/mol. The molecule has 26 heavy (non-hydrogen) atoms. The van der Waals surface area contributed by atoms with Crippen molar-refractivity contribution in [2.75, 3.05) is 11.4 Å². The van der Waals surface area contributed by atoms with Gasteiger partial charge in [0.25, 0.3) is 5.91 Å². The second-order valence-corrected chi connectivity index (χ2v) is 6.71. The number of pyridine rings is 1. The SMILES string of the molecule is Cc1cc(-c2cnn3c2C(=O)N(c2ccc(Cl)cc2)CC3C)ccn1.Cl. The van der Waals surface area contributed by atoms with E-state index in [-0.39, 0.29) is 24.4 Å². The van der Waals surface area contributed by atoms with Gasteiger partial charge in [-0.2, -0.15) is 5.10 Å². The normalized spacial score (nSPS) is 16.2. The Hall–Kier alpha value is -2.37. The third kappa shape index (κ3) is 3.08. The molecule has 7 heteroatoms. The van der Waals surface area contributed by atoms with Gasteiger partial charge in [0.2, 0.25) is 0 Å². The van der Waals surface area contributed by atoms with Crippen LogP contribution in [0.25, 0.3) is 11.1 Å². The van der Waals surface area contributed by atoms with Gasteiger partial charge in [-0.05, 0) is 55.8 Å². The van der Waals surface area contributed by atoms with E-state index >= 15 is 0 Å². The second-order valence-electron chi connectivity index (χ2n) is 6.28. The molecule has 1 aromatic carbocycles. The molecule has 3 heterocycles. The number of nitrogens with zero attached hydrogens (tertiary/aromatic N) is 4. The number of hydrogen-bond acceptors (Lipinski definition) is 3. The monoisotopic (exact) mass is 388 g/mol. The van der Waals surface area contributed by atoms with E-state index < -0.39 is 0 Å². The Morgan fingerprint density at radius 1 is 1.19 bits per heavy atom. The molecule has 1 unspecified atom stereocenters. The maximum Gasteiger partial charge on any atom is 0.277 e. The van der Waals surface area contributed by atoms with Crippen LogP contribution in [-0.4, -0.2) is 27.2 Å². The van der Waals surface area contributed by atoms with Crippen LogP contribution in [0.3, 0.4) is 0 Å². The third-order valence-electron chi connectivity index (χ3n) is 4.45. The Balaban J connectivity index is 0.00000196. The highest BCUT2D eigenvalue weighted by Crippen LogP contribution is 2.32. The molecule has 0 bridgehead atoms. The fraction of sp³-hybridized carbons (Fsp3) is 0.211. The summed E-state index contributed by atoms with van der Waals surface area (Å²) in [6, 6.07) is 11.3. The topological polar surface area (TPSA) is 51.0 Å². The first-order valence-corrected chi connectivity index (χ1v) is 8.50. The highest BCUT2D eigenvalue weighted by molar-refractivity contribution is 6.30. The number of hydrogen-bond donors (Lipinski definition) is 0. The smallest absolute Gasteiger partial charge is 0.277 e. The molecule has 0 N–H and O–H groups in total. The standard InChI is InChI=1S/C19H17ClN4O.ClH/c1-12-9-14(7-8-21-12)17-10-22-24-13(2)11-23(19(25)18(17)24)16-5-3-15(20)4-6-16;/h3-10,13H,11H2,1-2H3;1H. The summed E-state index contributed by atoms with van der Waals surface area (Å²) < 4.78 is 1.82. The Labute approximate surface area is 163 Å². The summed E-state index contributed by atoms with van der Waals surface area (Å²) in [5.74, 6) is -0.0533. The van der Waals surface area contributed by atoms with Crippen LogP contribution in [0.4, 0.5) is 5.69 Å². The third-order valence-corrected chi connectivity index (χ3v) is 4.71. The fourth-order valence-corrected chi connectivity index (χ4v) is 3.36. The molecule has 134 valence electrons. The van der Waals surface area contributed by atoms with Crippen molar-refractivity contribution in [1.29, 1.82) is 0 Å². The summed E-state index contributed by atoms with van der Waals surface area (Å²) in [6.07, 6.45) is 3.52. The van der Waals surface area contributed by atoms with Crippen LogP contribution in [0, 0.1) is 6.92 Å². The number of halogens is 2. The quantitative estimate of drug-likeness (QED) is 0.646. The van der Waals surface area contributed by atoms with Crippen LogP contribution in [-0.2, 0) is 0 Å². The van der Waals surface area contributed by atoms with Crippen LogP contribution < -0.4 is 4.90 Å². The Morgan fingerprint density at radius 3 is 2.62 bits per heavy atom. The first-order valence-electron chi connectivity index (χ1n) is 8.12. The summed E-state index contributed by atoms with van der Waals surface area (Å²) in [5, 5.41) is 5.12. The lowest BCUT2D eigenvalue weighted by Gasteiger charge is -2.32. The summed E-state index contributed by atoms with van der Waals surface area (Å²) in [7, 11) is 0. The summed E-state index contributed by atoms with van der Waals surface area (Å²) in [6.45, 7) is 4.57. The van der Waals surface area contributed by atoms with Crippen molar-refractivity contribution < 1.29 is 4.79 Å². The molecule has 0 spiro atoms. The maximum absolute atomic E-state index is 13.2. The molecular formula is C19H18Cl2N4O. The van der Waals surface area contributed by atoms with E-state index in [1.54, 1.807) is 29.4 Å². The van der Waals surface area contributed by atoms with Crippen molar-refractivity contribution in [3.8, 4) is 11.1 Å². The molecular weight excluding hydrogens is 371 g/mol. The summed E-state index contributed by atoms with van der Waals surface area (Å²) in [4.78, 5) is 19.2. The van der Waals surface area contributed by atoms with E-state index in [0.717, 1.165) is 22.5 Å². The molecule has 0 fully saturated rings. The molecule has 1 amide bonds. The molecule has 1 aliphatic heterocycles. The van der Waals surface area contributed by atoms with Gasteiger partial charge in [-0.1, -0.05) is 11.6 Å². The molecule has 2 aromatic heterocycles. The highest BCUT2D eigenvalue weighted by Gasteiger charge is 2.33. The van der Waals surface area contributed by atoms with Gasteiger partial charge in [0.15, 0.2) is 0 Å². The van der Waals surface area contributed by atoms with E-state index in [9.17, 15) is 4.79 Å². The van der Waals surface area contributed by atoms with E-state index in [2.05, 4.69) is 17.0 Å². The van der Waals surface area contributed by atoms with Crippen molar-refractivity contribution in [2.45, 2.75) is 19.9 Å². The van der Waals surface area contributed by atoms with Crippen LogP contribution in [0.5, 0.6) is 0 Å². The van der Waals surface area contributed by atoms with Gasteiger partial charge in [-0.25, -0.2) is 0 Å². The molecule has 0 radical (unpaired) electrons. The van der Waals surface area contributed by atoms with Gasteiger partial charge in [0.05, 0.1) is 12.2 Å². The molecule has 0 aliphatic carbocycles. The number of aryl methyl sites for hydroxylation is 1. The molecule has 0 saturated carbocycles. The van der Waals surface area contributed by atoms with Crippen LogP contribution in [0.15, 0.2) is 48.8 Å². The van der Waals surface area contributed by atoms with E-state index in [1.807, 2.05) is 35.9 Å². The molecule has 5 nitrogen and oxygen atoms in total. The van der Waals surface area contributed by atoms with E-state index in [0.29, 0.717) is 17.3 Å². The number of benzene rings is 1. The van der Waals surface area contributed by atoms with Crippen molar-refractivity contribution in [2.24, 2.45) is 0 Å². The lowest BCUT2D eigenvalue weighted by molar-refractivity contribution is 0.0954. The Bertz CT molecular complexity index is 952. The van der Waals surface area contributed by atoms with Crippen LogP contribution in [0.2, 0.25) is 5.02 Å². The van der Waals surface area contributed by atoms with Gasteiger partial charge in [-0.15, -0.1) is 12.4 Å². The first-order chi connectivity index (χ1) is 12.0. The van der Waals surface area contributed by atoms with Crippen LogP contribution >= 0.6 is 24.0 Å². The Kier molecular flexibility index (Phi) is 5.03. The zero-order valence-corrected chi connectivity index (χ0v) is 16.0. The first kappa shape index (κ1) is 18.4. The largest absolute Gasteiger partial charge is 0.305 e. The maximum atomic E-state index is 13.2. The number of anilines is 1. The lowest BCUT2D eigenvalue weighted by atomic mass is 10.0. The zero-order valence-electron chi connectivity index (χ0n) is 14.4. The van der Waals surface area contributed by atoms with Gasteiger partial charge < -0.3 is 4.90 Å². The summed E-state index contributed by atoms with van der Waals surface area (Å²) in [5.41, 5.74) is 4.14. The van der Waals surface area contributed by atoms with Crippen molar-refractivity contribution in [3.05, 3.63) is 65.2 Å². The van der Waals surface area contributed by atoms with E-state index in [4.69, 9.17) is 11.6 Å². The number of carbonyl (C=O) groups excluding carboxylic acids is 1. The van der Waals surface area contributed by atoms with Gasteiger partial charge in [-0.3, -0.25) is 14.5 Å². The summed E-state index contributed by atoms with van der Waals surface area (Å²) >= 11 is 5.98. The molecule has 0 saturated heterocycles. The number of carbonyl (C=O) groups is 1. The molecule has 3 aromatic rings.